The largest absolute Gasteiger partial charge is 0.462 e. The Hall–Kier alpha value is -2.86. The van der Waals surface area contributed by atoms with E-state index in [2.05, 4.69) is 5.32 Å². The van der Waals surface area contributed by atoms with Gasteiger partial charge in [-0.15, -0.1) is 0 Å². The molecule has 6 nitrogen and oxygen atoms in total. The monoisotopic (exact) mass is 326 g/mol. The van der Waals surface area contributed by atoms with Gasteiger partial charge >= 0.3 is 5.97 Å². The number of carbonyl (C=O) groups excluding carboxylic acids is 2. The molecule has 2 aromatic carbocycles. The van der Waals surface area contributed by atoms with Gasteiger partial charge in [-0.1, -0.05) is 30.3 Å². The Morgan fingerprint density at radius 1 is 1.12 bits per heavy atom. The van der Waals surface area contributed by atoms with E-state index >= 15 is 0 Å². The maximum absolute atomic E-state index is 11.9. The highest BCUT2D eigenvalue weighted by molar-refractivity contribution is 6.02. The first-order chi connectivity index (χ1) is 11.7. The van der Waals surface area contributed by atoms with Gasteiger partial charge in [-0.2, -0.15) is 0 Å². The summed E-state index contributed by atoms with van der Waals surface area (Å²) in [6, 6.07) is 16.0. The number of benzene rings is 2. The van der Waals surface area contributed by atoms with Crippen molar-refractivity contribution in [1.29, 1.82) is 0 Å². The molecule has 0 saturated carbocycles. The summed E-state index contributed by atoms with van der Waals surface area (Å²) in [5, 5.41) is 12.7. The molecular weight excluding hydrogens is 308 g/mol. The molecule has 0 fully saturated rings. The number of aliphatic hydroxyl groups excluding tert-OH is 1. The van der Waals surface area contributed by atoms with Crippen molar-refractivity contribution >= 4 is 23.3 Å². The quantitative estimate of drug-likeness (QED) is 0.649. The number of para-hydroxylation sites is 2. The van der Waals surface area contributed by atoms with Gasteiger partial charge in [0.25, 0.3) is 5.91 Å². The van der Waals surface area contributed by atoms with E-state index in [1.54, 1.807) is 35.2 Å². The zero-order valence-electron chi connectivity index (χ0n) is 13.0. The molecule has 1 unspecified atom stereocenters. The molecule has 0 radical (unpaired) electrons. The molecular formula is C18H18N2O4. The maximum Gasteiger partial charge on any atom is 0.338 e. The summed E-state index contributed by atoms with van der Waals surface area (Å²) in [6.07, 6.45) is -0.748. The van der Waals surface area contributed by atoms with Crippen LogP contribution < -0.4 is 10.2 Å². The van der Waals surface area contributed by atoms with E-state index in [1.165, 1.54) is 0 Å². The minimum absolute atomic E-state index is 0.209. The Labute approximate surface area is 139 Å². The first-order valence-corrected chi connectivity index (χ1v) is 7.73. The molecule has 2 N–H and O–H groups in total. The topological polar surface area (TPSA) is 78.9 Å². The summed E-state index contributed by atoms with van der Waals surface area (Å²) in [7, 11) is 0. The fraction of sp³-hybridized carbons (Fsp3) is 0.222. The molecule has 1 heterocycles. The number of nitrogens with one attached hydrogen (secondary N) is 1. The van der Waals surface area contributed by atoms with Gasteiger partial charge in [-0.05, 0) is 30.7 Å². The lowest BCUT2D eigenvalue weighted by Crippen LogP contribution is -2.48. The number of ether oxygens (including phenoxy) is 1. The first-order valence-electron chi connectivity index (χ1n) is 7.73. The average Bonchev–Trinajstić information content (AvgIpc) is 2.62. The molecule has 6 heteroatoms. The molecule has 0 aliphatic carbocycles. The highest BCUT2D eigenvalue weighted by atomic mass is 16.5. The van der Waals surface area contributed by atoms with Gasteiger partial charge in [0.1, 0.15) is 0 Å². The third-order valence-corrected chi connectivity index (χ3v) is 3.79. The second-order valence-corrected chi connectivity index (χ2v) is 5.43. The fourth-order valence-electron chi connectivity index (χ4n) is 2.60. The number of rotatable bonds is 5. The number of aliphatic hydroxyl groups is 1. The Bertz CT molecular complexity index is 733. The average molecular weight is 326 g/mol. The molecule has 124 valence electrons. The number of esters is 1. The van der Waals surface area contributed by atoms with E-state index in [1.807, 2.05) is 24.3 Å². The second-order valence-electron chi connectivity index (χ2n) is 5.43. The van der Waals surface area contributed by atoms with E-state index in [4.69, 9.17) is 4.74 Å². The molecule has 2 aromatic rings. The van der Waals surface area contributed by atoms with Crippen LogP contribution in [0, 0.1) is 0 Å². The lowest BCUT2D eigenvalue weighted by atomic mass is 10.1. The van der Waals surface area contributed by atoms with Gasteiger partial charge < -0.3 is 20.1 Å². The normalized spacial score (nSPS) is 16.3. The molecule has 1 amide bonds. The van der Waals surface area contributed by atoms with Crippen LogP contribution in [0.25, 0.3) is 0 Å². The van der Waals surface area contributed by atoms with Crippen LogP contribution >= 0.6 is 0 Å². The molecule has 24 heavy (non-hydrogen) atoms. The number of carbonyl (C=O) groups is 2. The first kappa shape index (κ1) is 16.0. The van der Waals surface area contributed by atoms with Crippen molar-refractivity contribution in [1.82, 2.24) is 0 Å². The van der Waals surface area contributed by atoms with Gasteiger partial charge in [-0.3, -0.25) is 4.79 Å². The smallest absolute Gasteiger partial charge is 0.338 e. The van der Waals surface area contributed by atoms with E-state index in [0.717, 1.165) is 5.69 Å². The van der Waals surface area contributed by atoms with Gasteiger partial charge in [-0.25, -0.2) is 4.79 Å². The predicted octanol–water partition coefficient (Wildman–Crippen LogP) is 2.01. The second kappa shape index (κ2) is 7.14. The number of hydrogen-bond donors (Lipinski definition) is 2. The fourth-order valence-corrected chi connectivity index (χ4v) is 2.60. The summed E-state index contributed by atoms with van der Waals surface area (Å²) in [4.78, 5) is 25.3. The minimum atomic E-state index is -1.25. The molecule has 0 saturated heterocycles. The Morgan fingerprint density at radius 2 is 1.83 bits per heavy atom. The number of anilines is 2. The number of amides is 1. The summed E-state index contributed by atoms with van der Waals surface area (Å²) >= 11 is 0. The standard InChI is InChI=1S/C18H18N2O4/c21-16-17(22)20(15-10-5-4-9-14(15)19-16)11-6-12-24-18(23)13-7-2-1-3-8-13/h1-5,7-10,17,22H,6,11-12H2,(H,19,21). The highest BCUT2D eigenvalue weighted by Gasteiger charge is 2.30. The van der Waals surface area contributed by atoms with Crippen molar-refractivity contribution in [2.24, 2.45) is 0 Å². The maximum atomic E-state index is 11.9. The third kappa shape index (κ3) is 3.38. The zero-order chi connectivity index (χ0) is 16.9. The summed E-state index contributed by atoms with van der Waals surface area (Å²) in [6.45, 7) is 0.606. The lowest BCUT2D eigenvalue weighted by molar-refractivity contribution is -0.124. The molecule has 0 bridgehead atoms. The van der Waals surface area contributed by atoms with Crippen LogP contribution in [0.4, 0.5) is 11.4 Å². The predicted molar refractivity (Wildman–Crippen MR) is 89.8 cm³/mol. The zero-order valence-corrected chi connectivity index (χ0v) is 13.0. The Morgan fingerprint density at radius 3 is 2.62 bits per heavy atom. The van der Waals surface area contributed by atoms with Crippen LogP contribution in [-0.4, -0.2) is 36.4 Å². The van der Waals surface area contributed by atoms with Gasteiger partial charge in [0.2, 0.25) is 6.23 Å². The van der Waals surface area contributed by atoms with Crippen molar-refractivity contribution in [3.8, 4) is 0 Å². The lowest BCUT2D eigenvalue weighted by Gasteiger charge is -2.34. The van der Waals surface area contributed by atoms with Crippen molar-refractivity contribution in [3.63, 3.8) is 0 Å². The molecule has 0 spiro atoms. The van der Waals surface area contributed by atoms with Crippen LogP contribution in [-0.2, 0) is 9.53 Å². The van der Waals surface area contributed by atoms with E-state index in [9.17, 15) is 14.7 Å². The van der Waals surface area contributed by atoms with Crippen molar-refractivity contribution in [2.75, 3.05) is 23.4 Å². The van der Waals surface area contributed by atoms with Crippen LogP contribution in [0.3, 0.4) is 0 Å². The third-order valence-electron chi connectivity index (χ3n) is 3.79. The Kier molecular flexibility index (Phi) is 4.77. The van der Waals surface area contributed by atoms with Crippen LogP contribution in [0.2, 0.25) is 0 Å². The van der Waals surface area contributed by atoms with Crippen LogP contribution in [0.15, 0.2) is 54.6 Å². The number of hydrogen-bond acceptors (Lipinski definition) is 5. The molecule has 0 aromatic heterocycles. The van der Waals surface area contributed by atoms with E-state index in [0.29, 0.717) is 24.2 Å². The van der Waals surface area contributed by atoms with Crippen molar-refractivity contribution in [3.05, 3.63) is 60.2 Å². The molecule has 3 rings (SSSR count). The van der Waals surface area contributed by atoms with E-state index in [-0.39, 0.29) is 12.6 Å². The molecule has 1 atom stereocenters. The van der Waals surface area contributed by atoms with Crippen molar-refractivity contribution in [2.45, 2.75) is 12.6 Å². The van der Waals surface area contributed by atoms with Gasteiger partial charge in [0.15, 0.2) is 0 Å². The molecule has 1 aliphatic rings. The van der Waals surface area contributed by atoms with Crippen LogP contribution in [0.1, 0.15) is 16.8 Å². The minimum Gasteiger partial charge on any atom is -0.462 e. The summed E-state index contributed by atoms with van der Waals surface area (Å²) < 4.78 is 5.22. The van der Waals surface area contributed by atoms with Crippen LogP contribution in [0.5, 0.6) is 0 Å². The van der Waals surface area contributed by atoms with Gasteiger partial charge in [0, 0.05) is 6.54 Å². The molecule has 1 aliphatic heterocycles. The van der Waals surface area contributed by atoms with Gasteiger partial charge in [0.05, 0.1) is 23.5 Å². The Balaban J connectivity index is 1.56. The van der Waals surface area contributed by atoms with E-state index < -0.39 is 12.1 Å². The number of fused-ring (bicyclic) bond motifs is 1. The SMILES string of the molecule is O=C(OCCCN1c2ccccc2NC(=O)C1O)c1ccccc1. The highest BCUT2D eigenvalue weighted by Crippen LogP contribution is 2.30. The summed E-state index contributed by atoms with van der Waals surface area (Å²) in [5.74, 6) is -0.845. The summed E-state index contributed by atoms with van der Waals surface area (Å²) in [5.41, 5.74) is 1.91. The number of nitrogens with zero attached hydrogens (tertiary/aromatic N) is 1. The van der Waals surface area contributed by atoms with Crippen molar-refractivity contribution < 1.29 is 19.4 Å².